The maximum atomic E-state index is 11.6. The summed E-state index contributed by atoms with van der Waals surface area (Å²) in [5, 5.41) is 5.36. The lowest BCUT2D eigenvalue weighted by atomic mass is 10.5. The van der Waals surface area contributed by atoms with Gasteiger partial charge in [-0.25, -0.2) is 4.98 Å². The molecule has 0 unspecified atom stereocenters. The molecule has 0 spiro atoms. The van der Waals surface area contributed by atoms with Gasteiger partial charge in [-0.15, -0.1) is 34.4 Å². The van der Waals surface area contributed by atoms with Crippen LogP contribution in [0.15, 0.2) is 17.5 Å². The summed E-state index contributed by atoms with van der Waals surface area (Å²) in [5.74, 6) is 1.22. The highest BCUT2D eigenvalue weighted by Gasteiger charge is 2.06. The lowest BCUT2D eigenvalue weighted by Crippen LogP contribution is -2.13. The third-order valence-corrected chi connectivity index (χ3v) is 5.24. The van der Waals surface area contributed by atoms with Gasteiger partial charge in [-0.2, -0.15) is 0 Å². The van der Waals surface area contributed by atoms with Crippen LogP contribution in [0.2, 0.25) is 4.34 Å². The number of thioether (sulfide) groups is 1. The lowest BCUT2D eigenvalue weighted by Gasteiger charge is -2.00. The van der Waals surface area contributed by atoms with Crippen molar-refractivity contribution in [3.8, 4) is 0 Å². The van der Waals surface area contributed by atoms with E-state index in [9.17, 15) is 4.79 Å². The summed E-state index contributed by atoms with van der Waals surface area (Å²) in [6, 6.07) is 3.86. The Hall–Kier alpha value is -0.560. The minimum Gasteiger partial charge on any atom is -0.301 e. The number of anilines is 1. The Morgan fingerprint density at radius 2 is 2.39 bits per heavy atom. The Morgan fingerprint density at radius 1 is 1.56 bits per heavy atom. The average Bonchev–Trinajstić information content (AvgIpc) is 2.88. The first-order valence-corrected chi connectivity index (χ1v) is 8.40. The first kappa shape index (κ1) is 13.9. The second-order valence-corrected chi connectivity index (χ2v) is 7.18. The molecule has 3 nitrogen and oxygen atoms in total. The maximum absolute atomic E-state index is 11.6. The number of carbonyl (C=O) groups excluding carboxylic acids is 1. The van der Waals surface area contributed by atoms with Gasteiger partial charge in [0.05, 0.1) is 15.8 Å². The van der Waals surface area contributed by atoms with Crippen molar-refractivity contribution in [3.63, 3.8) is 0 Å². The number of halogens is 1. The van der Waals surface area contributed by atoms with Crippen molar-refractivity contribution >= 4 is 57.1 Å². The van der Waals surface area contributed by atoms with E-state index >= 15 is 0 Å². The second-order valence-electron chi connectivity index (χ2n) is 3.54. The molecule has 0 bridgehead atoms. The molecule has 2 heterocycles. The van der Waals surface area contributed by atoms with Gasteiger partial charge in [0.25, 0.3) is 0 Å². The number of amides is 1. The van der Waals surface area contributed by atoms with Gasteiger partial charge in [0, 0.05) is 16.0 Å². The van der Waals surface area contributed by atoms with Crippen LogP contribution in [0.1, 0.15) is 10.6 Å². The Labute approximate surface area is 123 Å². The van der Waals surface area contributed by atoms with Crippen LogP contribution in [0.3, 0.4) is 0 Å². The van der Waals surface area contributed by atoms with E-state index in [0.717, 1.165) is 15.8 Å². The standard InChI is InChI=1S/C11H11ClN2OS3/c1-7-4-17-11(13-7)14-10(15)6-16-5-8-2-3-9(12)18-8/h2-4H,5-6H2,1H3,(H,13,14,15). The van der Waals surface area contributed by atoms with Crippen molar-refractivity contribution in [3.05, 3.63) is 32.4 Å². The molecule has 0 aliphatic rings. The first-order chi connectivity index (χ1) is 8.63. The van der Waals surface area contributed by atoms with Crippen LogP contribution in [0, 0.1) is 6.92 Å². The number of thiophene rings is 1. The smallest absolute Gasteiger partial charge is 0.236 e. The van der Waals surface area contributed by atoms with Gasteiger partial charge in [0.15, 0.2) is 5.13 Å². The SMILES string of the molecule is Cc1csc(NC(=O)CSCc2ccc(Cl)s2)n1. The molecule has 0 radical (unpaired) electrons. The van der Waals surface area contributed by atoms with Crippen molar-refractivity contribution in [2.75, 3.05) is 11.1 Å². The summed E-state index contributed by atoms with van der Waals surface area (Å²) in [6.07, 6.45) is 0. The van der Waals surface area contributed by atoms with Crippen LogP contribution in [0.5, 0.6) is 0 Å². The molecule has 0 atom stereocenters. The molecular formula is C11H11ClN2OS3. The molecule has 0 aliphatic carbocycles. The van der Waals surface area contributed by atoms with Gasteiger partial charge < -0.3 is 5.32 Å². The fraction of sp³-hybridized carbons (Fsp3) is 0.273. The number of rotatable bonds is 5. The van der Waals surface area contributed by atoms with Crippen molar-refractivity contribution < 1.29 is 4.79 Å². The predicted octanol–water partition coefficient (Wildman–Crippen LogP) is 4.04. The van der Waals surface area contributed by atoms with E-state index in [-0.39, 0.29) is 5.91 Å². The highest BCUT2D eigenvalue weighted by Crippen LogP contribution is 2.25. The fourth-order valence-electron chi connectivity index (χ4n) is 1.24. The summed E-state index contributed by atoms with van der Waals surface area (Å²) in [5.41, 5.74) is 0.927. The van der Waals surface area contributed by atoms with Crippen LogP contribution < -0.4 is 5.32 Å². The van der Waals surface area contributed by atoms with E-state index in [1.165, 1.54) is 16.2 Å². The number of carbonyl (C=O) groups is 1. The largest absolute Gasteiger partial charge is 0.301 e. The molecule has 0 saturated carbocycles. The molecule has 18 heavy (non-hydrogen) atoms. The highest BCUT2D eigenvalue weighted by molar-refractivity contribution is 7.99. The van der Waals surface area contributed by atoms with Gasteiger partial charge in [0.2, 0.25) is 5.91 Å². The van der Waals surface area contributed by atoms with E-state index < -0.39 is 0 Å². The molecular weight excluding hydrogens is 308 g/mol. The zero-order chi connectivity index (χ0) is 13.0. The van der Waals surface area contributed by atoms with Gasteiger partial charge in [-0.05, 0) is 19.1 Å². The Kier molecular flexibility index (Phi) is 5.05. The van der Waals surface area contributed by atoms with E-state index in [0.29, 0.717) is 10.9 Å². The molecule has 1 N–H and O–H groups in total. The monoisotopic (exact) mass is 318 g/mol. The Morgan fingerprint density at radius 3 is 3.00 bits per heavy atom. The number of hydrogen-bond donors (Lipinski definition) is 1. The highest BCUT2D eigenvalue weighted by atomic mass is 35.5. The first-order valence-electron chi connectivity index (χ1n) is 5.17. The molecule has 2 aromatic heterocycles. The van der Waals surface area contributed by atoms with Crippen LogP contribution in [0.25, 0.3) is 0 Å². The normalized spacial score (nSPS) is 10.6. The van der Waals surface area contributed by atoms with E-state index in [2.05, 4.69) is 10.3 Å². The van der Waals surface area contributed by atoms with Crippen molar-refractivity contribution in [2.24, 2.45) is 0 Å². The molecule has 2 rings (SSSR count). The Balaban J connectivity index is 1.72. The van der Waals surface area contributed by atoms with Gasteiger partial charge in [0.1, 0.15) is 0 Å². The van der Waals surface area contributed by atoms with Crippen molar-refractivity contribution in [1.29, 1.82) is 0 Å². The van der Waals surface area contributed by atoms with Gasteiger partial charge in [-0.1, -0.05) is 11.6 Å². The molecule has 2 aromatic rings. The third-order valence-electron chi connectivity index (χ3n) is 1.97. The van der Waals surface area contributed by atoms with E-state index in [4.69, 9.17) is 11.6 Å². The summed E-state index contributed by atoms with van der Waals surface area (Å²) >= 11 is 10.4. The lowest BCUT2D eigenvalue weighted by molar-refractivity contribution is -0.113. The molecule has 0 saturated heterocycles. The van der Waals surface area contributed by atoms with Gasteiger partial charge >= 0.3 is 0 Å². The van der Waals surface area contributed by atoms with E-state index in [1.807, 2.05) is 24.4 Å². The number of aryl methyl sites for hydroxylation is 1. The summed E-state index contributed by atoms with van der Waals surface area (Å²) in [4.78, 5) is 17.0. The Bertz CT molecular complexity index is 538. The number of aromatic nitrogens is 1. The van der Waals surface area contributed by atoms with Crippen molar-refractivity contribution in [1.82, 2.24) is 4.98 Å². The number of thiazole rings is 1. The van der Waals surface area contributed by atoms with Crippen LogP contribution in [-0.2, 0) is 10.5 Å². The number of nitrogens with zero attached hydrogens (tertiary/aromatic N) is 1. The average molecular weight is 319 g/mol. The summed E-state index contributed by atoms with van der Waals surface area (Å²) in [6.45, 7) is 1.90. The predicted molar refractivity (Wildman–Crippen MR) is 81.0 cm³/mol. The van der Waals surface area contributed by atoms with E-state index in [1.54, 1.807) is 23.1 Å². The number of nitrogens with one attached hydrogen (secondary N) is 1. The summed E-state index contributed by atoms with van der Waals surface area (Å²) < 4.78 is 0.785. The summed E-state index contributed by atoms with van der Waals surface area (Å²) in [7, 11) is 0. The molecule has 0 aliphatic heterocycles. The van der Waals surface area contributed by atoms with Crippen LogP contribution >= 0.6 is 46.0 Å². The quantitative estimate of drug-likeness (QED) is 0.904. The van der Waals surface area contributed by atoms with Gasteiger partial charge in [-0.3, -0.25) is 4.79 Å². The molecule has 7 heteroatoms. The van der Waals surface area contributed by atoms with Crippen molar-refractivity contribution in [2.45, 2.75) is 12.7 Å². The zero-order valence-electron chi connectivity index (χ0n) is 9.60. The third kappa shape index (κ3) is 4.28. The zero-order valence-corrected chi connectivity index (χ0v) is 12.8. The molecule has 96 valence electrons. The topological polar surface area (TPSA) is 42.0 Å². The van der Waals surface area contributed by atoms with Crippen LogP contribution in [-0.4, -0.2) is 16.6 Å². The minimum atomic E-state index is -0.0167. The molecule has 0 fully saturated rings. The second kappa shape index (κ2) is 6.56. The maximum Gasteiger partial charge on any atom is 0.236 e. The minimum absolute atomic E-state index is 0.0167. The number of hydrogen-bond acceptors (Lipinski definition) is 5. The fourth-order valence-corrected chi connectivity index (χ4v) is 3.97. The molecule has 0 aromatic carbocycles. The van der Waals surface area contributed by atoms with Crippen LogP contribution in [0.4, 0.5) is 5.13 Å². The molecule has 1 amide bonds.